The summed E-state index contributed by atoms with van der Waals surface area (Å²) in [5, 5.41) is 0. The van der Waals surface area contributed by atoms with Crippen LogP contribution in [0.2, 0.25) is 0 Å². The van der Waals surface area contributed by atoms with E-state index >= 15 is 0 Å². The van der Waals surface area contributed by atoms with Crippen molar-refractivity contribution in [1.82, 2.24) is 0 Å². The van der Waals surface area contributed by atoms with E-state index < -0.39 is 10.0 Å². The van der Waals surface area contributed by atoms with Gasteiger partial charge in [0.25, 0.3) is 10.0 Å². The number of nitrogens with zero attached hydrogens (tertiary/aromatic N) is 1. The molecule has 3 nitrogen and oxygen atoms in total. The molecule has 4 heteroatoms. The SMILES string of the molecule is O=S(=O)(c1ccccc1)N1CCc2cc(C3CC3CCc3ccccc3)ccc21. The van der Waals surface area contributed by atoms with Crippen LogP contribution in [0.1, 0.15) is 35.4 Å². The minimum absolute atomic E-state index is 0.361. The molecule has 1 saturated carbocycles. The van der Waals surface area contributed by atoms with Crippen LogP contribution >= 0.6 is 0 Å². The van der Waals surface area contributed by atoms with Crippen molar-refractivity contribution in [3.8, 4) is 0 Å². The maximum Gasteiger partial charge on any atom is 0.264 e. The Hall–Kier alpha value is -2.59. The van der Waals surface area contributed by atoms with Crippen LogP contribution in [-0.4, -0.2) is 15.0 Å². The van der Waals surface area contributed by atoms with Crippen LogP contribution in [0, 0.1) is 5.92 Å². The average molecular weight is 404 g/mol. The van der Waals surface area contributed by atoms with Gasteiger partial charge in [-0.3, -0.25) is 4.31 Å². The predicted octanol–water partition coefficient (Wildman–Crippen LogP) is 5.17. The molecule has 0 amide bonds. The largest absolute Gasteiger partial charge is 0.266 e. The number of fused-ring (bicyclic) bond motifs is 1. The van der Waals surface area contributed by atoms with Crippen LogP contribution in [0.4, 0.5) is 5.69 Å². The summed E-state index contributed by atoms with van der Waals surface area (Å²) in [6.07, 6.45) is 4.39. The van der Waals surface area contributed by atoms with E-state index in [4.69, 9.17) is 0 Å². The van der Waals surface area contributed by atoms with Crippen LogP contribution in [-0.2, 0) is 22.9 Å². The maximum absolute atomic E-state index is 13.0. The average Bonchev–Trinajstić information content (AvgIpc) is 3.41. The molecule has 5 rings (SSSR count). The van der Waals surface area contributed by atoms with E-state index in [9.17, 15) is 8.42 Å². The second-order valence-electron chi connectivity index (χ2n) is 8.15. The molecule has 2 aliphatic rings. The van der Waals surface area contributed by atoms with E-state index in [0.29, 0.717) is 17.4 Å². The lowest BCUT2D eigenvalue weighted by Crippen LogP contribution is -2.29. The van der Waals surface area contributed by atoms with E-state index in [1.165, 1.54) is 24.0 Å². The van der Waals surface area contributed by atoms with Crippen molar-refractivity contribution in [2.24, 2.45) is 5.92 Å². The first-order valence-corrected chi connectivity index (χ1v) is 11.8. The molecule has 0 spiro atoms. The fourth-order valence-electron chi connectivity index (χ4n) is 4.56. The lowest BCUT2D eigenvalue weighted by Gasteiger charge is -2.19. The normalized spacial score (nSPS) is 20.5. The zero-order chi connectivity index (χ0) is 19.8. The van der Waals surface area contributed by atoms with Crippen molar-refractivity contribution >= 4 is 15.7 Å². The van der Waals surface area contributed by atoms with E-state index in [0.717, 1.165) is 30.0 Å². The van der Waals surface area contributed by atoms with Gasteiger partial charge in [-0.15, -0.1) is 0 Å². The second-order valence-corrected chi connectivity index (χ2v) is 10.0. The van der Waals surface area contributed by atoms with E-state index in [1.807, 2.05) is 12.1 Å². The number of hydrogen-bond acceptors (Lipinski definition) is 2. The van der Waals surface area contributed by atoms with Crippen molar-refractivity contribution in [2.75, 3.05) is 10.8 Å². The highest BCUT2D eigenvalue weighted by atomic mass is 32.2. The van der Waals surface area contributed by atoms with Crippen molar-refractivity contribution in [3.05, 3.63) is 95.6 Å². The third kappa shape index (κ3) is 3.58. The zero-order valence-electron chi connectivity index (χ0n) is 16.4. The number of sulfonamides is 1. The van der Waals surface area contributed by atoms with Gasteiger partial charge in [-0.1, -0.05) is 60.7 Å². The molecule has 0 bridgehead atoms. The molecule has 1 aliphatic carbocycles. The Balaban J connectivity index is 1.29. The van der Waals surface area contributed by atoms with E-state index in [-0.39, 0.29) is 0 Å². The Morgan fingerprint density at radius 3 is 2.38 bits per heavy atom. The molecular weight excluding hydrogens is 378 g/mol. The molecule has 2 atom stereocenters. The van der Waals surface area contributed by atoms with E-state index in [2.05, 4.69) is 42.5 Å². The number of rotatable bonds is 6. The van der Waals surface area contributed by atoms with Crippen molar-refractivity contribution in [3.63, 3.8) is 0 Å². The fraction of sp³-hybridized carbons (Fsp3) is 0.280. The van der Waals surface area contributed by atoms with Crippen LogP contribution in [0.5, 0.6) is 0 Å². The first-order chi connectivity index (χ1) is 14.1. The van der Waals surface area contributed by atoms with Gasteiger partial charge in [-0.2, -0.15) is 0 Å². The van der Waals surface area contributed by atoms with Gasteiger partial charge in [0.05, 0.1) is 10.6 Å². The highest BCUT2D eigenvalue weighted by Gasteiger charge is 2.39. The first kappa shape index (κ1) is 18.4. The first-order valence-electron chi connectivity index (χ1n) is 10.4. The summed E-state index contributed by atoms with van der Waals surface area (Å²) in [6.45, 7) is 0.526. The smallest absolute Gasteiger partial charge is 0.264 e. The molecule has 0 radical (unpaired) electrons. The Bertz CT molecular complexity index is 1110. The predicted molar refractivity (Wildman–Crippen MR) is 117 cm³/mol. The molecule has 2 unspecified atom stereocenters. The Morgan fingerprint density at radius 2 is 1.62 bits per heavy atom. The monoisotopic (exact) mass is 403 g/mol. The lowest BCUT2D eigenvalue weighted by atomic mass is 10.0. The number of benzene rings is 3. The van der Waals surface area contributed by atoms with Gasteiger partial charge in [-0.25, -0.2) is 8.42 Å². The molecule has 0 aromatic heterocycles. The van der Waals surface area contributed by atoms with Gasteiger partial charge in [0.15, 0.2) is 0 Å². The summed E-state index contributed by atoms with van der Waals surface area (Å²) in [4.78, 5) is 0.361. The fourth-order valence-corrected chi connectivity index (χ4v) is 6.09. The molecule has 148 valence electrons. The Kier molecular flexibility index (Phi) is 4.67. The van der Waals surface area contributed by atoms with E-state index in [1.54, 1.807) is 28.6 Å². The molecule has 1 fully saturated rings. The van der Waals surface area contributed by atoms with Crippen molar-refractivity contribution < 1.29 is 8.42 Å². The second kappa shape index (κ2) is 7.34. The summed E-state index contributed by atoms with van der Waals surface area (Å²) >= 11 is 0. The minimum atomic E-state index is -3.49. The molecule has 3 aromatic carbocycles. The molecule has 3 aromatic rings. The summed E-state index contributed by atoms with van der Waals surface area (Å²) in [6, 6.07) is 25.8. The molecule has 1 aliphatic heterocycles. The van der Waals surface area contributed by atoms with Crippen LogP contribution in [0.25, 0.3) is 0 Å². The summed E-state index contributed by atoms with van der Waals surface area (Å²) in [5.74, 6) is 1.38. The van der Waals surface area contributed by atoms with Gasteiger partial charge in [0.2, 0.25) is 0 Å². The molecule has 1 heterocycles. The Morgan fingerprint density at radius 1 is 0.897 bits per heavy atom. The summed E-state index contributed by atoms with van der Waals surface area (Å²) < 4.78 is 27.6. The summed E-state index contributed by atoms with van der Waals surface area (Å²) in [7, 11) is -3.49. The minimum Gasteiger partial charge on any atom is -0.266 e. The van der Waals surface area contributed by atoms with Crippen LogP contribution < -0.4 is 4.31 Å². The molecule has 29 heavy (non-hydrogen) atoms. The van der Waals surface area contributed by atoms with Gasteiger partial charge in [0, 0.05) is 6.54 Å². The highest BCUT2D eigenvalue weighted by molar-refractivity contribution is 7.92. The topological polar surface area (TPSA) is 37.4 Å². The highest BCUT2D eigenvalue weighted by Crippen LogP contribution is 2.51. The van der Waals surface area contributed by atoms with Gasteiger partial charge >= 0.3 is 0 Å². The molecule has 0 N–H and O–H groups in total. The van der Waals surface area contributed by atoms with Gasteiger partial charge < -0.3 is 0 Å². The third-order valence-electron chi connectivity index (χ3n) is 6.29. The van der Waals surface area contributed by atoms with Crippen LogP contribution in [0.3, 0.4) is 0 Å². The molecule has 0 saturated heterocycles. The number of aryl methyl sites for hydroxylation is 1. The van der Waals surface area contributed by atoms with Gasteiger partial charge in [0.1, 0.15) is 0 Å². The third-order valence-corrected chi connectivity index (χ3v) is 8.11. The number of hydrogen-bond donors (Lipinski definition) is 0. The number of anilines is 1. The molecular formula is C25H25NO2S. The van der Waals surface area contributed by atoms with Crippen molar-refractivity contribution in [2.45, 2.75) is 36.5 Å². The summed E-state index contributed by atoms with van der Waals surface area (Å²) in [5.41, 5.74) is 4.80. The van der Waals surface area contributed by atoms with Crippen molar-refractivity contribution in [1.29, 1.82) is 0 Å². The quantitative estimate of drug-likeness (QED) is 0.569. The lowest BCUT2D eigenvalue weighted by molar-refractivity contribution is 0.592. The van der Waals surface area contributed by atoms with Crippen LogP contribution in [0.15, 0.2) is 83.8 Å². The zero-order valence-corrected chi connectivity index (χ0v) is 17.2. The Labute approximate surface area is 173 Å². The standard InChI is InChI=1S/C25H25NO2S/c27-29(28,23-9-5-2-6-10-23)26-16-15-22-17-20(13-14-25(22)26)24-18-21(24)12-11-19-7-3-1-4-8-19/h1-10,13-14,17,21,24H,11-12,15-16,18H2. The van der Waals surface area contributed by atoms with Gasteiger partial charge in [-0.05, 0) is 72.4 Å². The maximum atomic E-state index is 13.0.